The third-order valence-electron chi connectivity index (χ3n) is 4.21. The highest BCUT2D eigenvalue weighted by Gasteiger charge is 2.21. The monoisotopic (exact) mass is 380 g/mol. The number of benzene rings is 2. The van der Waals surface area contributed by atoms with Crippen LogP contribution in [-0.2, 0) is 16.0 Å². The summed E-state index contributed by atoms with van der Waals surface area (Å²) < 4.78 is 10.6. The second-order valence-corrected chi connectivity index (χ2v) is 6.18. The topological polar surface area (TPSA) is 98.3 Å². The molecule has 0 aliphatic carbocycles. The molecule has 3 rings (SSSR count). The SMILES string of the molecule is CCOc1ccc(C(=O)[C@H](C)OC(=O)Cc2n[nH]c(=O)c3ccccc23)cc1. The van der Waals surface area contributed by atoms with Gasteiger partial charge in [0.1, 0.15) is 5.75 Å². The summed E-state index contributed by atoms with van der Waals surface area (Å²) in [6, 6.07) is 13.5. The van der Waals surface area contributed by atoms with Crippen LogP contribution in [0.2, 0.25) is 0 Å². The Balaban J connectivity index is 1.68. The molecule has 0 unspecified atom stereocenters. The fourth-order valence-corrected chi connectivity index (χ4v) is 2.85. The number of fused-ring (bicyclic) bond motifs is 1. The smallest absolute Gasteiger partial charge is 0.312 e. The lowest BCUT2D eigenvalue weighted by Gasteiger charge is -2.13. The molecule has 0 bridgehead atoms. The molecule has 1 aromatic heterocycles. The lowest BCUT2D eigenvalue weighted by molar-refractivity contribution is -0.145. The van der Waals surface area contributed by atoms with Crippen LogP contribution in [0.3, 0.4) is 0 Å². The molecule has 0 aliphatic rings. The van der Waals surface area contributed by atoms with Crippen molar-refractivity contribution in [1.82, 2.24) is 10.2 Å². The van der Waals surface area contributed by atoms with Crippen LogP contribution in [-0.4, -0.2) is 34.7 Å². The molecule has 1 atom stereocenters. The number of aromatic nitrogens is 2. The number of Topliss-reactive ketones (excluding diaryl/α,β-unsaturated/α-hetero) is 1. The van der Waals surface area contributed by atoms with E-state index >= 15 is 0 Å². The van der Waals surface area contributed by atoms with Gasteiger partial charge in [-0.2, -0.15) is 5.10 Å². The first-order valence-electron chi connectivity index (χ1n) is 8.92. The third kappa shape index (κ3) is 4.25. The van der Waals surface area contributed by atoms with Gasteiger partial charge in [-0.15, -0.1) is 0 Å². The molecular formula is C21H20N2O5. The number of H-pyrrole nitrogens is 1. The molecule has 0 fully saturated rings. The normalized spacial score (nSPS) is 11.8. The van der Waals surface area contributed by atoms with Gasteiger partial charge in [-0.1, -0.05) is 18.2 Å². The maximum Gasteiger partial charge on any atom is 0.312 e. The van der Waals surface area contributed by atoms with Gasteiger partial charge in [0.15, 0.2) is 6.10 Å². The largest absolute Gasteiger partial charge is 0.494 e. The van der Waals surface area contributed by atoms with E-state index in [9.17, 15) is 14.4 Å². The summed E-state index contributed by atoms with van der Waals surface area (Å²) in [5.41, 5.74) is 0.490. The lowest BCUT2D eigenvalue weighted by atomic mass is 10.1. The second kappa shape index (κ2) is 8.47. The van der Waals surface area contributed by atoms with E-state index in [1.54, 1.807) is 48.5 Å². The van der Waals surface area contributed by atoms with Gasteiger partial charge in [0, 0.05) is 10.9 Å². The number of ether oxygens (including phenoxy) is 2. The molecule has 2 aromatic carbocycles. The van der Waals surface area contributed by atoms with Gasteiger partial charge >= 0.3 is 5.97 Å². The van der Waals surface area contributed by atoms with E-state index in [4.69, 9.17) is 9.47 Å². The van der Waals surface area contributed by atoms with Crippen molar-refractivity contribution in [2.24, 2.45) is 0 Å². The summed E-state index contributed by atoms with van der Waals surface area (Å²) in [6.45, 7) is 3.94. The molecule has 7 nitrogen and oxygen atoms in total. The van der Waals surface area contributed by atoms with E-state index < -0.39 is 12.1 Å². The van der Waals surface area contributed by atoms with Crippen LogP contribution in [0.4, 0.5) is 0 Å². The Morgan fingerprint density at radius 3 is 2.43 bits per heavy atom. The van der Waals surface area contributed by atoms with Gasteiger partial charge in [-0.25, -0.2) is 5.10 Å². The number of ketones is 1. The Kier molecular flexibility index (Phi) is 5.84. The minimum Gasteiger partial charge on any atom is -0.494 e. The standard InChI is InChI=1S/C21H20N2O5/c1-3-27-15-10-8-14(9-11-15)20(25)13(2)28-19(24)12-18-16-6-4-5-7-17(16)21(26)23-22-18/h4-11,13H,3,12H2,1-2H3,(H,23,26)/t13-/m0/s1. The van der Waals surface area contributed by atoms with E-state index in [1.807, 2.05) is 6.92 Å². The average Bonchev–Trinajstić information content (AvgIpc) is 2.70. The lowest BCUT2D eigenvalue weighted by Crippen LogP contribution is -2.26. The van der Waals surface area contributed by atoms with Crippen molar-refractivity contribution >= 4 is 22.5 Å². The Labute approximate surface area is 161 Å². The summed E-state index contributed by atoms with van der Waals surface area (Å²) in [5.74, 6) is -0.244. The second-order valence-electron chi connectivity index (χ2n) is 6.18. The summed E-state index contributed by atoms with van der Waals surface area (Å²) in [6.07, 6.45) is -1.10. The van der Waals surface area contributed by atoms with Crippen molar-refractivity contribution in [3.8, 4) is 5.75 Å². The molecule has 0 aliphatic heterocycles. The van der Waals surface area contributed by atoms with E-state index in [-0.39, 0.29) is 17.8 Å². The van der Waals surface area contributed by atoms with E-state index in [0.717, 1.165) is 0 Å². The molecule has 1 N–H and O–H groups in total. The molecule has 3 aromatic rings. The molecule has 0 amide bonds. The van der Waals surface area contributed by atoms with Gasteiger partial charge in [-0.3, -0.25) is 14.4 Å². The maximum absolute atomic E-state index is 12.5. The van der Waals surface area contributed by atoms with Crippen LogP contribution in [0, 0.1) is 0 Å². The fraction of sp³-hybridized carbons (Fsp3) is 0.238. The third-order valence-corrected chi connectivity index (χ3v) is 4.21. The number of carbonyl (C=O) groups excluding carboxylic acids is 2. The highest BCUT2D eigenvalue weighted by atomic mass is 16.5. The minimum atomic E-state index is -0.945. The summed E-state index contributed by atoms with van der Waals surface area (Å²) in [7, 11) is 0. The predicted molar refractivity (Wildman–Crippen MR) is 104 cm³/mol. The van der Waals surface area contributed by atoms with Gasteiger partial charge < -0.3 is 9.47 Å². The minimum absolute atomic E-state index is 0.155. The Morgan fingerprint density at radius 2 is 1.75 bits per heavy atom. The Bertz CT molecular complexity index is 1060. The fourth-order valence-electron chi connectivity index (χ4n) is 2.85. The Hall–Kier alpha value is -3.48. The number of nitrogens with zero attached hydrogens (tertiary/aromatic N) is 1. The first-order chi connectivity index (χ1) is 13.5. The molecule has 0 spiro atoms. The molecule has 7 heteroatoms. The van der Waals surface area contributed by atoms with Crippen LogP contribution >= 0.6 is 0 Å². The first-order valence-corrected chi connectivity index (χ1v) is 8.92. The number of carbonyl (C=O) groups is 2. The van der Waals surface area contributed by atoms with E-state index in [0.29, 0.717) is 34.4 Å². The van der Waals surface area contributed by atoms with Crippen molar-refractivity contribution in [3.05, 3.63) is 70.1 Å². The molecule has 28 heavy (non-hydrogen) atoms. The molecular weight excluding hydrogens is 360 g/mol. The van der Waals surface area contributed by atoms with Crippen molar-refractivity contribution in [2.45, 2.75) is 26.4 Å². The molecule has 144 valence electrons. The number of nitrogens with one attached hydrogen (secondary N) is 1. The predicted octanol–water partition coefficient (Wildman–Crippen LogP) is 2.68. The zero-order valence-corrected chi connectivity index (χ0v) is 15.6. The van der Waals surface area contributed by atoms with Crippen LogP contribution in [0.15, 0.2) is 53.3 Å². The quantitative estimate of drug-likeness (QED) is 0.500. The van der Waals surface area contributed by atoms with Crippen molar-refractivity contribution in [3.63, 3.8) is 0 Å². The first kappa shape index (κ1) is 19.3. The van der Waals surface area contributed by atoms with Crippen LogP contribution < -0.4 is 10.3 Å². The van der Waals surface area contributed by atoms with Crippen LogP contribution in [0.5, 0.6) is 5.75 Å². The summed E-state index contributed by atoms with van der Waals surface area (Å²) in [4.78, 5) is 36.6. The van der Waals surface area contributed by atoms with Gasteiger partial charge in [0.25, 0.3) is 5.56 Å². The van der Waals surface area contributed by atoms with E-state index in [1.165, 1.54) is 6.92 Å². The summed E-state index contributed by atoms with van der Waals surface area (Å²) in [5, 5.41) is 7.34. The maximum atomic E-state index is 12.5. The van der Waals surface area contributed by atoms with Crippen LogP contribution in [0.1, 0.15) is 29.9 Å². The molecule has 1 heterocycles. The highest BCUT2D eigenvalue weighted by molar-refractivity contribution is 6.00. The Morgan fingerprint density at radius 1 is 1.07 bits per heavy atom. The molecule has 0 saturated carbocycles. The highest BCUT2D eigenvalue weighted by Crippen LogP contribution is 2.16. The average molecular weight is 380 g/mol. The number of aromatic amines is 1. The summed E-state index contributed by atoms with van der Waals surface area (Å²) >= 11 is 0. The molecule has 0 radical (unpaired) electrons. The van der Waals surface area contributed by atoms with Crippen molar-refractivity contribution < 1.29 is 19.1 Å². The zero-order chi connectivity index (χ0) is 20.1. The zero-order valence-electron chi connectivity index (χ0n) is 15.6. The molecule has 0 saturated heterocycles. The van der Waals surface area contributed by atoms with Crippen LogP contribution in [0.25, 0.3) is 10.8 Å². The number of hydrogen-bond acceptors (Lipinski definition) is 6. The van der Waals surface area contributed by atoms with Gasteiger partial charge in [0.05, 0.1) is 24.1 Å². The number of esters is 1. The van der Waals surface area contributed by atoms with E-state index in [2.05, 4.69) is 10.2 Å². The van der Waals surface area contributed by atoms with Crippen molar-refractivity contribution in [2.75, 3.05) is 6.61 Å². The van der Waals surface area contributed by atoms with Crippen molar-refractivity contribution in [1.29, 1.82) is 0 Å². The van der Waals surface area contributed by atoms with Gasteiger partial charge in [-0.05, 0) is 44.2 Å². The number of rotatable bonds is 7. The number of hydrogen-bond donors (Lipinski definition) is 1. The van der Waals surface area contributed by atoms with Gasteiger partial charge in [0.2, 0.25) is 5.78 Å².